The fourth-order valence-corrected chi connectivity index (χ4v) is 2.25. The number of esters is 1. The van der Waals surface area contributed by atoms with E-state index in [1.807, 2.05) is 48.5 Å². The number of benzene rings is 2. The van der Waals surface area contributed by atoms with Crippen LogP contribution in [0.4, 0.5) is 0 Å². The molecule has 0 N–H and O–H groups in total. The van der Waals surface area contributed by atoms with E-state index in [0.717, 1.165) is 18.4 Å². The van der Waals surface area contributed by atoms with Gasteiger partial charge in [0.1, 0.15) is 0 Å². The number of methoxy groups -OCH3 is 1. The molecule has 0 saturated carbocycles. The van der Waals surface area contributed by atoms with Crippen molar-refractivity contribution in [3.8, 4) is 11.8 Å². The molecule has 22 heavy (non-hydrogen) atoms. The largest absolute Gasteiger partial charge is 0.469 e. The van der Waals surface area contributed by atoms with Crippen molar-refractivity contribution in [2.45, 2.75) is 19.3 Å². The zero-order valence-electron chi connectivity index (χ0n) is 12.8. The Morgan fingerprint density at radius 3 is 2.32 bits per heavy atom. The van der Waals surface area contributed by atoms with Crippen molar-refractivity contribution >= 4 is 5.97 Å². The molecule has 0 aromatic heterocycles. The fourth-order valence-electron chi connectivity index (χ4n) is 2.25. The van der Waals surface area contributed by atoms with Gasteiger partial charge in [-0.3, -0.25) is 4.79 Å². The van der Waals surface area contributed by atoms with Gasteiger partial charge >= 0.3 is 5.97 Å². The lowest BCUT2D eigenvalue weighted by atomic mass is 9.96. The van der Waals surface area contributed by atoms with Gasteiger partial charge in [0.15, 0.2) is 0 Å². The lowest BCUT2D eigenvalue weighted by Crippen LogP contribution is -2.16. The van der Waals surface area contributed by atoms with Gasteiger partial charge in [0, 0.05) is 12.0 Å². The van der Waals surface area contributed by atoms with Gasteiger partial charge in [-0.15, -0.1) is 0 Å². The molecule has 2 nitrogen and oxygen atoms in total. The van der Waals surface area contributed by atoms with Crippen molar-refractivity contribution in [2.24, 2.45) is 5.92 Å². The van der Waals surface area contributed by atoms with Gasteiger partial charge in [0.05, 0.1) is 13.0 Å². The molecule has 1 atom stereocenters. The van der Waals surface area contributed by atoms with Crippen LogP contribution in [0.5, 0.6) is 0 Å². The minimum Gasteiger partial charge on any atom is -0.469 e. The number of carbonyl (C=O) groups excluding carboxylic acids is 1. The Labute approximate surface area is 132 Å². The van der Waals surface area contributed by atoms with Crippen LogP contribution in [-0.2, 0) is 16.0 Å². The first-order chi connectivity index (χ1) is 10.8. The summed E-state index contributed by atoms with van der Waals surface area (Å²) in [5.41, 5.74) is 2.20. The third-order valence-corrected chi connectivity index (χ3v) is 3.51. The second-order valence-corrected chi connectivity index (χ2v) is 5.12. The summed E-state index contributed by atoms with van der Waals surface area (Å²) < 4.78 is 4.90. The van der Waals surface area contributed by atoms with E-state index in [1.54, 1.807) is 0 Å². The quantitative estimate of drug-likeness (QED) is 0.618. The van der Waals surface area contributed by atoms with Gasteiger partial charge in [-0.2, -0.15) is 0 Å². The topological polar surface area (TPSA) is 26.3 Å². The highest BCUT2D eigenvalue weighted by atomic mass is 16.5. The van der Waals surface area contributed by atoms with Crippen molar-refractivity contribution in [1.29, 1.82) is 0 Å². The monoisotopic (exact) mass is 292 g/mol. The Kier molecular flexibility index (Phi) is 6.26. The van der Waals surface area contributed by atoms with Crippen molar-refractivity contribution in [1.82, 2.24) is 0 Å². The summed E-state index contributed by atoms with van der Waals surface area (Å²) >= 11 is 0. The van der Waals surface area contributed by atoms with Crippen LogP contribution in [0.3, 0.4) is 0 Å². The summed E-state index contributed by atoms with van der Waals surface area (Å²) in [6.45, 7) is 0. The predicted octanol–water partition coefficient (Wildman–Crippen LogP) is 3.85. The van der Waals surface area contributed by atoms with Gasteiger partial charge in [-0.05, 0) is 30.5 Å². The molecule has 0 bridgehead atoms. The van der Waals surface area contributed by atoms with Crippen LogP contribution in [0, 0.1) is 17.8 Å². The van der Waals surface area contributed by atoms with E-state index >= 15 is 0 Å². The molecule has 1 unspecified atom stereocenters. The summed E-state index contributed by atoms with van der Waals surface area (Å²) in [7, 11) is 1.43. The maximum Gasteiger partial charge on any atom is 0.309 e. The summed E-state index contributed by atoms with van der Waals surface area (Å²) in [5, 5.41) is 0. The fraction of sp³-hybridized carbons (Fsp3) is 0.250. The van der Waals surface area contributed by atoms with Gasteiger partial charge in [0.2, 0.25) is 0 Å². The number of hydrogen-bond acceptors (Lipinski definition) is 2. The molecule has 0 fully saturated rings. The summed E-state index contributed by atoms with van der Waals surface area (Å²) in [5.74, 6) is 5.84. The molecular weight excluding hydrogens is 272 g/mol. The molecule has 0 amide bonds. The first kappa shape index (κ1) is 15.9. The third-order valence-electron chi connectivity index (χ3n) is 3.51. The zero-order chi connectivity index (χ0) is 15.6. The average molecular weight is 292 g/mol. The highest BCUT2D eigenvalue weighted by Gasteiger charge is 2.17. The minimum absolute atomic E-state index is 0.179. The Morgan fingerprint density at radius 1 is 1.05 bits per heavy atom. The second-order valence-electron chi connectivity index (χ2n) is 5.12. The molecule has 0 aliphatic rings. The van der Waals surface area contributed by atoms with E-state index in [-0.39, 0.29) is 11.9 Å². The van der Waals surface area contributed by atoms with E-state index in [1.165, 1.54) is 12.7 Å². The van der Waals surface area contributed by atoms with E-state index in [4.69, 9.17) is 4.74 Å². The second kappa shape index (κ2) is 8.69. The predicted molar refractivity (Wildman–Crippen MR) is 88.2 cm³/mol. The Hall–Kier alpha value is -2.53. The van der Waals surface area contributed by atoms with Crippen LogP contribution < -0.4 is 0 Å². The third kappa shape index (κ3) is 5.10. The lowest BCUT2D eigenvalue weighted by Gasteiger charge is -2.11. The smallest absolute Gasteiger partial charge is 0.309 e. The molecule has 0 aliphatic heterocycles. The van der Waals surface area contributed by atoms with Crippen molar-refractivity contribution < 1.29 is 9.53 Å². The van der Waals surface area contributed by atoms with Crippen molar-refractivity contribution in [3.63, 3.8) is 0 Å². The Balaban J connectivity index is 1.95. The summed E-state index contributed by atoms with van der Waals surface area (Å²) in [4.78, 5) is 11.9. The number of hydrogen-bond donors (Lipinski definition) is 0. The molecule has 0 radical (unpaired) electrons. The molecule has 2 rings (SSSR count). The van der Waals surface area contributed by atoms with E-state index in [9.17, 15) is 4.79 Å². The first-order valence-corrected chi connectivity index (χ1v) is 7.45. The summed E-state index contributed by atoms with van der Waals surface area (Å²) in [6, 6.07) is 20.0. The van der Waals surface area contributed by atoms with Crippen LogP contribution in [0.2, 0.25) is 0 Å². The van der Waals surface area contributed by atoms with Crippen molar-refractivity contribution in [3.05, 3.63) is 71.8 Å². The Bertz CT molecular complexity index is 636. The average Bonchev–Trinajstić information content (AvgIpc) is 2.59. The van der Waals surface area contributed by atoms with Crippen LogP contribution in [0.15, 0.2) is 60.7 Å². The maximum atomic E-state index is 11.9. The molecule has 2 heteroatoms. The van der Waals surface area contributed by atoms with Gasteiger partial charge in [-0.1, -0.05) is 60.4 Å². The highest BCUT2D eigenvalue weighted by molar-refractivity contribution is 5.72. The van der Waals surface area contributed by atoms with Crippen molar-refractivity contribution in [2.75, 3.05) is 7.11 Å². The van der Waals surface area contributed by atoms with Crippen LogP contribution in [0.25, 0.3) is 0 Å². The molecule has 0 aliphatic carbocycles. The molecular formula is C20H20O2. The zero-order valence-corrected chi connectivity index (χ0v) is 12.8. The van der Waals surface area contributed by atoms with Gasteiger partial charge in [0.25, 0.3) is 0 Å². The molecule has 112 valence electrons. The Morgan fingerprint density at radius 2 is 1.68 bits per heavy atom. The lowest BCUT2D eigenvalue weighted by molar-refractivity contribution is -0.145. The molecule has 2 aromatic carbocycles. The molecule has 0 saturated heterocycles. The normalized spacial score (nSPS) is 11.1. The standard InChI is InChI=1S/C20H20O2/c1-22-20(21)19(16-15-18-11-6-3-7-12-18)14-8-13-17-9-4-2-5-10-17/h2-7,9-12,19H,14-16H2,1H3. The van der Waals surface area contributed by atoms with Crippen LogP contribution in [-0.4, -0.2) is 13.1 Å². The summed E-state index contributed by atoms with van der Waals surface area (Å²) in [6.07, 6.45) is 2.13. The number of carbonyl (C=O) groups is 1. The van der Waals surface area contributed by atoms with Crippen LogP contribution >= 0.6 is 0 Å². The number of aryl methyl sites for hydroxylation is 1. The molecule has 0 spiro atoms. The van der Waals surface area contributed by atoms with Gasteiger partial charge < -0.3 is 4.74 Å². The molecule has 2 aromatic rings. The minimum atomic E-state index is -0.182. The van der Waals surface area contributed by atoms with E-state index in [0.29, 0.717) is 6.42 Å². The van der Waals surface area contributed by atoms with E-state index < -0.39 is 0 Å². The SMILES string of the molecule is COC(=O)C(CC#Cc1ccccc1)CCc1ccccc1. The maximum absolute atomic E-state index is 11.9. The van der Waals surface area contributed by atoms with Gasteiger partial charge in [-0.25, -0.2) is 0 Å². The first-order valence-electron chi connectivity index (χ1n) is 7.45. The highest BCUT2D eigenvalue weighted by Crippen LogP contribution is 2.15. The van der Waals surface area contributed by atoms with Crippen LogP contribution in [0.1, 0.15) is 24.0 Å². The molecule has 0 heterocycles. The number of ether oxygens (including phenoxy) is 1. The van der Waals surface area contributed by atoms with E-state index in [2.05, 4.69) is 24.0 Å². The number of rotatable bonds is 5.